The number of anilines is 1. The molecule has 1 aromatic carbocycles. The van der Waals surface area contributed by atoms with Gasteiger partial charge in [-0.1, -0.05) is 11.6 Å². The minimum Gasteiger partial charge on any atom is -0.491 e. The number of nitrogens with zero attached hydrogens (tertiary/aromatic N) is 4. The minimum absolute atomic E-state index is 0.0172. The zero-order chi connectivity index (χ0) is 16.8. The minimum atomic E-state index is -0.891. The van der Waals surface area contributed by atoms with Gasteiger partial charge in [-0.2, -0.15) is 0 Å². The summed E-state index contributed by atoms with van der Waals surface area (Å²) >= 11 is 9.85. The fraction of sp³-hybridized carbons (Fsp3) is 0.400. The number of ether oxygens (including phenoxy) is 1. The molecule has 2 aromatic rings. The van der Waals surface area contributed by atoms with Gasteiger partial charge in [-0.05, 0) is 22.0 Å². The normalized spacial score (nSPS) is 20.2. The number of fused-ring (bicyclic) bond motifs is 2. The Morgan fingerprint density at radius 3 is 3.04 bits per heavy atom. The van der Waals surface area contributed by atoms with Crippen molar-refractivity contribution >= 4 is 50.3 Å². The molecule has 1 aromatic heterocycles. The lowest BCUT2D eigenvalue weighted by Crippen LogP contribution is -2.55. The van der Waals surface area contributed by atoms with Gasteiger partial charge in [0.25, 0.3) is 0 Å². The van der Waals surface area contributed by atoms with Gasteiger partial charge in [0, 0.05) is 30.5 Å². The van der Waals surface area contributed by atoms with Crippen molar-refractivity contribution in [3.05, 3.63) is 21.9 Å². The Morgan fingerprint density at radius 2 is 2.25 bits per heavy atom. The van der Waals surface area contributed by atoms with E-state index < -0.39 is 6.09 Å². The summed E-state index contributed by atoms with van der Waals surface area (Å²) in [5.74, 6) is 1.33. The molecule has 1 N–H and O–H groups in total. The van der Waals surface area contributed by atoms with E-state index in [0.717, 1.165) is 21.2 Å². The number of aromatic nitrogens is 2. The third-order valence-corrected chi connectivity index (χ3v) is 5.71. The average Bonchev–Trinajstić information content (AvgIpc) is 2.55. The van der Waals surface area contributed by atoms with Crippen LogP contribution in [0.3, 0.4) is 0 Å². The molecule has 7 nitrogen and oxygen atoms in total. The van der Waals surface area contributed by atoms with Gasteiger partial charge in [-0.25, -0.2) is 14.8 Å². The Hall–Kier alpha value is -1.80. The number of rotatable bonds is 0. The largest absolute Gasteiger partial charge is 0.491 e. The number of amides is 1. The summed E-state index contributed by atoms with van der Waals surface area (Å²) in [6.07, 6.45) is 1.32. The molecule has 1 atom stereocenters. The molecule has 0 radical (unpaired) electrons. The zero-order valence-corrected chi connectivity index (χ0v) is 14.9. The molecular weight excluding hydrogens is 400 g/mol. The molecule has 0 spiro atoms. The summed E-state index contributed by atoms with van der Waals surface area (Å²) in [4.78, 5) is 23.7. The van der Waals surface area contributed by atoms with Gasteiger partial charge in [0.15, 0.2) is 5.75 Å². The standard InChI is InChI=1S/C15H14BrClN4O3/c16-9-5-10-11-13(12(9)17)24-4-1-8-6-20(15(22)23)2-3-21(8)14(11)19-7-18-10/h5,7-8H,1-4,6H2,(H,22,23)/t8-/m1/s1. The van der Waals surface area contributed by atoms with E-state index in [9.17, 15) is 9.90 Å². The molecule has 1 fully saturated rings. The summed E-state index contributed by atoms with van der Waals surface area (Å²) < 4.78 is 6.65. The Kier molecular flexibility index (Phi) is 3.88. The quantitative estimate of drug-likeness (QED) is 0.715. The first-order chi connectivity index (χ1) is 11.6. The van der Waals surface area contributed by atoms with Crippen LogP contribution in [0.2, 0.25) is 5.02 Å². The molecule has 0 aliphatic carbocycles. The Labute approximate surface area is 151 Å². The second kappa shape index (κ2) is 5.93. The molecule has 2 aliphatic heterocycles. The maximum absolute atomic E-state index is 11.3. The molecule has 1 amide bonds. The second-order valence-electron chi connectivity index (χ2n) is 5.81. The monoisotopic (exact) mass is 412 g/mol. The van der Waals surface area contributed by atoms with E-state index in [1.807, 2.05) is 6.07 Å². The van der Waals surface area contributed by atoms with E-state index in [2.05, 4.69) is 30.8 Å². The highest BCUT2D eigenvalue weighted by Gasteiger charge is 2.33. The maximum Gasteiger partial charge on any atom is 0.407 e. The molecule has 4 rings (SSSR count). The fourth-order valence-corrected chi connectivity index (χ4v) is 3.92. The van der Waals surface area contributed by atoms with Gasteiger partial charge in [-0.15, -0.1) is 0 Å². The predicted molar refractivity (Wildman–Crippen MR) is 93.1 cm³/mol. The van der Waals surface area contributed by atoms with Crippen LogP contribution in [0.4, 0.5) is 10.6 Å². The lowest BCUT2D eigenvalue weighted by Gasteiger charge is -2.42. The number of hydrogen-bond donors (Lipinski definition) is 1. The predicted octanol–water partition coefficient (Wildman–Crippen LogP) is 3.00. The van der Waals surface area contributed by atoms with Gasteiger partial charge >= 0.3 is 6.09 Å². The van der Waals surface area contributed by atoms with E-state index in [1.165, 1.54) is 11.2 Å². The van der Waals surface area contributed by atoms with Crippen LogP contribution in [0.25, 0.3) is 10.9 Å². The first kappa shape index (κ1) is 15.7. The van der Waals surface area contributed by atoms with Crippen molar-refractivity contribution in [2.75, 3.05) is 31.1 Å². The average molecular weight is 414 g/mol. The van der Waals surface area contributed by atoms with Crippen molar-refractivity contribution in [1.82, 2.24) is 14.9 Å². The van der Waals surface area contributed by atoms with Gasteiger partial charge in [-0.3, -0.25) is 0 Å². The highest BCUT2D eigenvalue weighted by Crippen LogP contribution is 2.43. The lowest BCUT2D eigenvalue weighted by molar-refractivity contribution is 0.131. The number of benzene rings is 1. The number of halogens is 2. The summed E-state index contributed by atoms with van der Waals surface area (Å²) in [5, 5.41) is 10.5. The molecule has 9 heteroatoms. The fourth-order valence-electron chi connectivity index (χ4n) is 3.32. The van der Waals surface area contributed by atoms with Crippen LogP contribution in [-0.4, -0.2) is 58.4 Å². The smallest absolute Gasteiger partial charge is 0.407 e. The van der Waals surface area contributed by atoms with Gasteiger partial charge in [0.05, 0.1) is 28.6 Å². The molecule has 2 aliphatic rings. The lowest BCUT2D eigenvalue weighted by atomic mass is 10.1. The van der Waals surface area contributed by atoms with Crippen molar-refractivity contribution in [2.24, 2.45) is 0 Å². The van der Waals surface area contributed by atoms with Crippen LogP contribution >= 0.6 is 27.5 Å². The maximum atomic E-state index is 11.3. The molecule has 1 saturated heterocycles. The van der Waals surface area contributed by atoms with Crippen molar-refractivity contribution in [3.63, 3.8) is 0 Å². The number of hydrogen-bond acceptors (Lipinski definition) is 5. The van der Waals surface area contributed by atoms with Crippen molar-refractivity contribution in [2.45, 2.75) is 12.5 Å². The number of carboxylic acid groups (broad SMARTS) is 1. The van der Waals surface area contributed by atoms with Crippen LogP contribution in [0.5, 0.6) is 5.75 Å². The molecule has 0 bridgehead atoms. The van der Waals surface area contributed by atoms with Gasteiger partial charge in [0.1, 0.15) is 12.1 Å². The van der Waals surface area contributed by atoms with Crippen LogP contribution in [0, 0.1) is 0 Å². The molecule has 126 valence electrons. The molecule has 0 saturated carbocycles. The van der Waals surface area contributed by atoms with E-state index in [0.29, 0.717) is 43.4 Å². The van der Waals surface area contributed by atoms with Crippen LogP contribution in [-0.2, 0) is 0 Å². The van der Waals surface area contributed by atoms with Gasteiger partial charge in [0.2, 0.25) is 0 Å². The van der Waals surface area contributed by atoms with E-state index in [4.69, 9.17) is 16.3 Å². The number of carbonyl (C=O) groups is 1. The highest BCUT2D eigenvalue weighted by atomic mass is 79.9. The van der Waals surface area contributed by atoms with Crippen LogP contribution in [0.1, 0.15) is 6.42 Å². The molecule has 3 heterocycles. The zero-order valence-electron chi connectivity index (χ0n) is 12.6. The van der Waals surface area contributed by atoms with Crippen LogP contribution in [0.15, 0.2) is 16.9 Å². The Morgan fingerprint density at radius 1 is 1.42 bits per heavy atom. The Bertz CT molecular complexity index is 834. The van der Waals surface area contributed by atoms with E-state index in [1.54, 1.807) is 0 Å². The highest BCUT2D eigenvalue weighted by molar-refractivity contribution is 9.10. The third-order valence-electron chi connectivity index (χ3n) is 4.48. The first-order valence-electron chi connectivity index (χ1n) is 7.56. The van der Waals surface area contributed by atoms with Crippen molar-refractivity contribution in [1.29, 1.82) is 0 Å². The third kappa shape index (κ3) is 2.44. The van der Waals surface area contributed by atoms with E-state index >= 15 is 0 Å². The van der Waals surface area contributed by atoms with Gasteiger partial charge < -0.3 is 19.6 Å². The van der Waals surface area contributed by atoms with Crippen molar-refractivity contribution in [3.8, 4) is 5.75 Å². The summed E-state index contributed by atoms with van der Waals surface area (Å²) in [7, 11) is 0. The first-order valence-corrected chi connectivity index (χ1v) is 8.73. The molecular formula is C15H14BrClN4O3. The molecule has 24 heavy (non-hydrogen) atoms. The second-order valence-corrected chi connectivity index (χ2v) is 7.04. The van der Waals surface area contributed by atoms with Crippen molar-refractivity contribution < 1.29 is 14.6 Å². The topological polar surface area (TPSA) is 78.8 Å². The Balaban J connectivity index is 1.87. The van der Waals surface area contributed by atoms with E-state index in [-0.39, 0.29) is 6.04 Å². The summed E-state index contributed by atoms with van der Waals surface area (Å²) in [6, 6.07) is 1.86. The molecule has 0 unspecified atom stereocenters. The summed E-state index contributed by atoms with van der Waals surface area (Å²) in [5.41, 5.74) is 0.743. The summed E-state index contributed by atoms with van der Waals surface area (Å²) in [6.45, 7) is 1.91. The van der Waals surface area contributed by atoms with Crippen LogP contribution < -0.4 is 9.64 Å². The number of piperazine rings is 1. The SMILES string of the molecule is O=C(O)N1CCN2c3ncnc4cc(Br)c(Cl)c(c34)OCC[C@@H]2C1.